The molecule has 1 N–H and O–H groups in total. The summed E-state index contributed by atoms with van der Waals surface area (Å²) in [5.41, 5.74) is 0. The Bertz CT molecular complexity index is 945. The molecule has 0 fully saturated rings. The van der Waals surface area contributed by atoms with Crippen molar-refractivity contribution in [3.05, 3.63) is 35.2 Å². The molecule has 1 aromatic carbocycles. The van der Waals surface area contributed by atoms with Gasteiger partial charge in [-0.25, -0.2) is 4.79 Å². The molecule has 2 aromatic heterocycles. The van der Waals surface area contributed by atoms with Crippen molar-refractivity contribution in [1.82, 2.24) is 5.32 Å². The number of amides is 1. The highest BCUT2D eigenvalue weighted by atomic mass is 32.1. The number of fused-ring (bicyclic) bond motifs is 3. The lowest BCUT2D eigenvalue weighted by atomic mass is 10.2. The van der Waals surface area contributed by atoms with E-state index < -0.39 is 30.7 Å². The topological polar surface area (TPSA) is 55.4 Å². The molecule has 9 heteroatoms. The van der Waals surface area contributed by atoms with Gasteiger partial charge in [0, 0.05) is 14.8 Å². The van der Waals surface area contributed by atoms with Gasteiger partial charge in [-0.3, -0.25) is 4.79 Å². The molecule has 25 heavy (non-hydrogen) atoms. The Hall–Kier alpha value is -2.13. The summed E-state index contributed by atoms with van der Waals surface area (Å²) >= 11 is 2.77. The molecule has 3 rings (SSSR count). The summed E-state index contributed by atoms with van der Waals surface area (Å²) in [6.07, 6.45) is -5.83. The number of carbonyl (C=O) groups is 2. The highest BCUT2D eigenvalue weighted by Gasteiger charge is 2.29. The van der Waals surface area contributed by atoms with Crippen LogP contribution in [0.1, 0.15) is 16.6 Å². The molecule has 1 amide bonds. The van der Waals surface area contributed by atoms with E-state index in [9.17, 15) is 22.8 Å². The first-order chi connectivity index (χ1) is 11.7. The Balaban J connectivity index is 1.70. The van der Waals surface area contributed by atoms with Gasteiger partial charge >= 0.3 is 12.1 Å². The molecule has 0 radical (unpaired) electrons. The summed E-state index contributed by atoms with van der Waals surface area (Å²) in [4.78, 5) is 24.0. The first kappa shape index (κ1) is 17.7. The van der Waals surface area contributed by atoms with Crippen molar-refractivity contribution in [2.24, 2.45) is 0 Å². The van der Waals surface area contributed by atoms with Gasteiger partial charge in [0.05, 0.1) is 4.70 Å². The number of alkyl halides is 3. The molecule has 2 heterocycles. The number of nitrogens with one attached hydrogen (secondary N) is 1. The van der Waals surface area contributed by atoms with E-state index in [-0.39, 0.29) is 0 Å². The van der Waals surface area contributed by atoms with E-state index in [0.29, 0.717) is 4.88 Å². The minimum absolute atomic E-state index is 0.308. The van der Waals surface area contributed by atoms with Gasteiger partial charge in [-0.1, -0.05) is 18.2 Å². The first-order valence-electron chi connectivity index (χ1n) is 7.21. The normalized spacial score (nSPS) is 13.1. The smallest absolute Gasteiger partial charge is 0.405 e. The van der Waals surface area contributed by atoms with Crippen LogP contribution in [0.5, 0.6) is 0 Å². The van der Waals surface area contributed by atoms with E-state index in [1.165, 1.54) is 29.6 Å². The van der Waals surface area contributed by atoms with Crippen LogP contribution in [0, 0.1) is 0 Å². The third-order valence-electron chi connectivity index (χ3n) is 3.37. The van der Waals surface area contributed by atoms with Gasteiger partial charge in [0.2, 0.25) is 0 Å². The highest BCUT2D eigenvalue weighted by molar-refractivity contribution is 7.33. The molecular weight excluding hydrogens is 375 g/mol. The molecule has 0 aliphatic heterocycles. The number of esters is 1. The standard InChI is InChI=1S/C16H12F3NO3S2/c1-8(14(21)20-7-16(17,18)19)23-15(22)12-6-11-13(25-12)9-4-2-3-5-10(9)24-11/h2-6,8H,7H2,1H3,(H,20,21)/t8-/m0/s1. The van der Waals surface area contributed by atoms with Crippen LogP contribution in [-0.4, -0.2) is 30.7 Å². The number of ether oxygens (including phenoxy) is 1. The molecule has 0 aliphatic rings. The van der Waals surface area contributed by atoms with Crippen LogP contribution in [0.4, 0.5) is 13.2 Å². The maximum atomic E-state index is 12.2. The zero-order valence-electron chi connectivity index (χ0n) is 12.8. The molecule has 0 aliphatic carbocycles. The fourth-order valence-electron chi connectivity index (χ4n) is 2.20. The van der Waals surface area contributed by atoms with Crippen LogP contribution in [0.15, 0.2) is 30.3 Å². The molecule has 0 saturated carbocycles. The number of halogens is 3. The van der Waals surface area contributed by atoms with Gasteiger partial charge in [-0.05, 0) is 19.1 Å². The Morgan fingerprint density at radius 3 is 2.64 bits per heavy atom. The lowest BCUT2D eigenvalue weighted by Crippen LogP contribution is -2.40. The lowest BCUT2D eigenvalue weighted by Gasteiger charge is -2.13. The van der Waals surface area contributed by atoms with Gasteiger partial charge in [0.1, 0.15) is 11.4 Å². The zero-order valence-corrected chi connectivity index (χ0v) is 14.5. The van der Waals surface area contributed by atoms with Crippen LogP contribution < -0.4 is 5.32 Å². The van der Waals surface area contributed by atoms with Crippen LogP contribution in [0.3, 0.4) is 0 Å². The van der Waals surface area contributed by atoms with E-state index in [2.05, 4.69) is 0 Å². The minimum atomic E-state index is -4.52. The minimum Gasteiger partial charge on any atom is -0.448 e. The largest absolute Gasteiger partial charge is 0.448 e. The third-order valence-corrected chi connectivity index (χ3v) is 5.76. The van der Waals surface area contributed by atoms with Crippen molar-refractivity contribution >= 4 is 54.0 Å². The maximum Gasteiger partial charge on any atom is 0.405 e. The number of rotatable bonds is 4. The second-order valence-corrected chi connectivity index (χ2v) is 7.42. The van der Waals surface area contributed by atoms with E-state index in [4.69, 9.17) is 4.74 Å². The number of hydrogen-bond donors (Lipinski definition) is 1. The molecule has 132 valence electrons. The summed E-state index contributed by atoms with van der Waals surface area (Å²) in [5.74, 6) is -1.72. The van der Waals surface area contributed by atoms with Gasteiger partial charge in [-0.15, -0.1) is 22.7 Å². The lowest BCUT2D eigenvalue weighted by molar-refractivity contribution is -0.143. The van der Waals surface area contributed by atoms with Crippen molar-refractivity contribution in [2.75, 3.05) is 6.54 Å². The molecule has 3 aromatic rings. The second-order valence-electron chi connectivity index (χ2n) is 5.28. The Labute approximate surface area is 148 Å². The summed E-state index contributed by atoms with van der Waals surface area (Å²) in [6, 6.07) is 9.44. The molecular formula is C16H12F3NO3S2. The molecule has 0 spiro atoms. The van der Waals surface area contributed by atoms with Crippen molar-refractivity contribution in [3.63, 3.8) is 0 Å². The van der Waals surface area contributed by atoms with Crippen LogP contribution >= 0.6 is 22.7 Å². The number of hydrogen-bond acceptors (Lipinski definition) is 5. The number of benzene rings is 1. The van der Waals surface area contributed by atoms with E-state index >= 15 is 0 Å². The third kappa shape index (κ3) is 3.93. The monoisotopic (exact) mass is 387 g/mol. The quantitative estimate of drug-likeness (QED) is 0.678. The molecule has 0 saturated heterocycles. The van der Waals surface area contributed by atoms with Gasteiger partial charge in [-0.2, -0.15) is 13.2 Å². The summed E-state index contributed by atoms with van der Waals surface area (Å²) in [7, 11) is 0. The van der Waals surface area contributed by atoms with Crippen LogP contribution in [0.2, 0.25) is 0 Å². The molecule has 0 unspecified atom stereocenters. The van der Waals surface area contributed by atoms with Crippen molar-refractivity contribution in [2.45, 2.75) is 19.2 Å². The zero-order chi connectivity index (χ0) is 18.2. The van der Waals surface area contributed by atoms with E-state index in [0.717, 1.165) is 19.5 Å². The average Bonchev–Trinajstić information content (AvgIpc) is 3.09. The summed E-state index contributed by atoms with van der Waals surface area (Å²) in [5, 5.41) is 2.72. The number of carbonyl (C=O) groups excluding carboxylic acids is 2. The Kier molecular flexibility index (Phi) is 4.70. The first-order valence-corrected chi connectivity index (χ1v) is 8.84. The second kappa shape index (κ2) is 6.64. The number of thiophene rings is 2. The van der Waals surface area contributed by atoms with Crippen LogP contribution in [0.25, 0.3) is 19.5 Å². The fourth-order valence-corrected chi connectivity index (χ4v) is 4.61. The maximum absolute atomic E-state index is 12.2. The predicted molar refractivity (Wildman–Crippen MR) is 91.2 cm³/mol. The SMILES string of the molecule is C[C@H](OC(=O)c1cc2sc3ccccc3c2s1)C(=O)NCC(F)(F)F. The van der Waals surface area contributed by atoms with Crippen molar-refractivity contribution < 1.29 is 27.5 Å². The fraction of sp³-hybridized carbons (Fsp3) is 0.250. The van der Waals surface area contributed by atoms with Crippen LogP contribution in [-0.2, 0) is 9.53 Å². The van der Waals surface area contributed by atoms with Gasteiger partial charge in [0.25, 0.3) is 5.91 Å². The molecule has 4 nitrogen and oxygen atoms in total. The summed E-state index contributed by atoms with van der Waals surface area (Å²) in [6.45, 7) is -0.233. The van der Waals surface area contributed by atoms with Crippen molar-refractivity contribution in [3.8, 4) is 0 Å². The Morgan fingerprint density at radius 1 is 1.20 bits per heavy atom. The predicted octanol–water partition coefficient (Wildman–Crippen LogP) is 4.34. The highest BCUT2D eigenvalue weighted by Crippen LogP contribution is 2.39. The summed E-state index contributed by atoms with van der Waals surface area (Å²) < 4.78 is 44.2. The molecule has 0 bridgehead atoms. The van der Waals surface area contributed by atoms with E-state index in [1.54, 1.807) is 11.4 Å². The van der Waals surface area contributed by atoms with Crippen molar-refractivity contribution in [1.29, 1.82) is 0 Å². The van der Waals surface area contributed by atoms with Gasteiger partial charge < -0.3 is 10.1 Å². The van der Waals surface area contributed by atoms with Gasteiger partial charge in [0.15, 0.2) is 6.10 Å². The Morgan fingerprint density at radius 2 is 1.92 bits per heavy atom. The average molecular weight is 387 g/mol. The van der Waals surface area contributed by atoms with E-state index in [1.807, 2.05) is 24.3 Å². The molecule has 1 atom stereocenters.